The number of hydrogen-bond acceptors (Lipinski definition) is 6. The molecule has 2 aromatic heterocycles. The summed E-state index contributed by atoms with van der Waals surface area (Å²) < 4.78 is 41.3. The van der Waals surface area contributed by atoms with Crippen molar-refractivity contribution < 1.29 is 22.7 Å². The van der Waals surface area contributed by atoms with Crippen molar-refractivity contribution in [1.82, 2.24) is 19.9 Å². The Morgan fingerprint density at radius 3 is 2.51 bits per heavy atom. The van der Waals surface area contributed by atoms with Gasteiger partial charge in [0.25, 0.3) is 0 Å². The maximum absolute atomic E-state index is 13.4. The van der Waals surface area contributed by atoms with Crippen molar-refractivity contribution in [2.24, 2.45) is 0 Å². The summed E-state index contributed by atoms with van der Waals surface area (Å²) in [4.78, 5) is 28.6. The average Bonchev–Trinajstić information content (AvgIpc) is 2.86. The first kappa shape index (κ1) is 26.4. The molecule has 0 saturated carbocycles. The van der Waals surface area contributed by atoms with Crippen LogP contribution in [0, 0.1) is 6.92 Å². The van der Waals surface area contributed by atoms with Crippen molar-refractivity contribution in [2.45, 2.75) is 58.4 Å². The number of hydrogen-bond donors (Lipinski definition) is 1. The maximum atomic E-state index is 13.4. The summed E-state index contributed by atoms with van der Waals surface area (Å²) in [5, 5.41) is 3.55. The standard InChI is InChI=1S/C27H30F3N5O2/c1-5-35(25(36)17(2)19-7-9-21(10-8-19)37-27(28,29)30)16-26(4)12-11-20-15-22(18(3)33-23(20)34-26)24-31-13-6-14-32-24/h6-10,13-15,17H,5,11-12,16H2,1-4H3,(H,33,34)/t17-,26-/m1/s1. The van der Waals surface area contributed by atoms with Crippen molar-refractivity contribution in [2.75, 3.05) is 18.4 Å². The number of alkyl halides is 3. The number of ether oxygens (including phenoxy) is 1. The molecule has 0 radical (unpaired) electrons. The van der Waals surface area contributed by atoms with Gasteiger partial charge in [-0.1, -0.05) is 12.1 Å². The van der Waals surface area contributed by atoms with E-state index in [9.17, 15) is 18.0 Å². The minimum atomic E-state index is -4.76. The number of pyridine rings is 1. The molecule has 2 atom stereocenters. The van der Waals surface area contributed by atoms with Crippen LogP contribution in [0.4, 0.5) is 19.0 Å². The number of fused-ring (bicyclic) bond motifs is 1. The van der Waals surface area contributed by atoms with Crippen LogP contribution in [0.3, 0.4) is 0 Å². The Kier molecular flexibility index (Phi) is 7.38. The van der Waals surface area contributed by atoms with E-state index in [0.717, 1.165) is 35.5 Å². The van der Waals surface area contributed by atoms with Gasteiger partial charge in [0.15, 0.2) is 5.82 Å². The van der Waals surface area contributed by atoms with Gasteiger partial charge in [0.1, 0.15) is 11.6 Å². The van der Waals surface area contributed by atoms with E-state index in [1.165, 1.54) is 24.3 Å². The molecule has 3 aromatic rings. The Morgan fingerprint density at radius 2 is 1.89 bits per heavy atom. The fraction of sp³-hybridized carbons (Fsp3) is 0.407. The number of rotatable bonds is 7. The van der Waals surface area contributed by atoms with Gasteiger partial charge in [-0.15, -0.1) is 13.2 Å². The van der Waals surface area contributed by atoms with Gasteiger partial charge in [-0.2, -0.15) is 0 Å². The topological polar surface area (TPSA) is 80.2 Å². The van der Waals surface area contributed by atoms with Crippen LogP contribution in [0.15, 0.2) is 48.8 Å². The molecular formula is C27H30F3N5O2. The number of carbonyl (C=O) groups excluding carboxylic acids is 1. The minimum absolute atomic E-state index is 0.0958. The number of benzene rings is 1. The van der Waals surface area contributed by atoms with Crippen molar-refractivity contribution >= 4 is 11.7 Å². The van der Waals surface area contributed by atoms with Crippen LogP contribution in [-0.2, 0) is 11.2 Å². The van der Waals surface area contributed by atoms with E-state index in [-0.39, 0.29) is 11.7 Å². The molecule has 1 aliphatic rings. The fourth-order valence-corrected chi connectivity index (χ4v) is 4.63. The molecule has 1 aliphatic heterocycles. The fourth-order valence-electron chi connectivity index (χ4n) is 4.63. The van der Waals surface area contributed by atoms with Crippen LogP contribution in [0.2, 0.25) is 0 Å². The zero-order valence-corrected chi connectivity index (χ0v) is 21.3. The molecule has 1 N–H and O–H groups in total. The zero-order valence-electron chi connectivity index (χ0n) is 21.3. The summed E-state index contributed by atoms with van der Waals surface area (Å²) in [5.41, 5.74) is 3.02. The first-order valence-corrected chi connectivity index (χ1v) is 12.2. The smallest absolute Gasteiger partial charge is 0.406 e. The highest BCUT2D eigenvalue weighted by molar-refractivity contribution is 5.83. The van der Waals surface area contributed by atoms with E-state index in [0.29, 0.717) is 24.5 Å². The van der Waals surface area contributed by atoms with Crippen LogP contribution < -0.4 is 10.1 Å². The molecule has 37 heavy (non-hydrogen) atoms. The molecule has 7 nitrogen and oxygen atoms in total. The lowest BCUT2D eigenvalue weighted by Crippen LogP contribution is -2.51. The number of carbonyl (C=O) groups is 1. The van der Waals surface area contributed by atoms with Gasteiger partial charge in [-0.25, -0.2) is 15.0 Å². The van der Waals surface area contributed by atoms with Gasteiger partial charge in [0.05, 0.1) is 17.2 Å². The summed E-state index contributed by atoms with van der Waals surface area (Å²) >= 11 is 0. The molecule has 4 rings (SSSR count). The highest BCUT2D eigenvalue weighted by Gasteiger charge is 2.35. The van der Waals surface area contributed by atoms with E-state index in [2.05, 4.69) is 33.0 Å². The van der Waals surface area contributed by atoms with Crippen LogP contribution in [-0.4, -0.2) is 50.7 Å². The minimum Gasteiger partial charge on any atom is -0.406 e. The molecular weight excluding hydrogens is 483 g/mol. The molecule has 0 unspecified atom stereocenters. The zero-order chi connectivity index (χ0) is 26.8. The number of nitrogens with one attached hydrogen (secondary N) is 1. The molecule has 1 amide bonds. The molecule has 0 aliphatic carbocycles. The van der Waals surface area contributed by atoms with Gasteiger partial charge < -0.3 is 15.0 Å². The number of halogens is 3. The van der Waals surface area contributed by atoms with Crippen LogP contribution in [0.1, 0.15) is 49.9 Å². The Bertz CT molecular complexity index is 1250. The van der Waals surface area contributed by atoms with E-state index in [1.807, 2.05) is 13.8 Å². The maximum Gasteiger partial charge on any atom is 0.573 e. The highest BCUT2D eigenvalue weighted by atomic mass is 19.4. The molecule has 10 heteroatoms. The number of aryl methyl sites for hydroxylation is 2. The molecule has 0 bridgehead atoms. The number of aromatic nitrogens is 3. The Morgan fingerprint density at radius 1 is 1.22 bits per heavy atom. The number of anilines is 1. The second-order valence-corrected chi connectivity index (χ2v) is 9.58. The normalized spacial score (nSPS) is 17.9. The Labute approximate surface area is 214 Å². The third kappa shape index (κ3) is 6.18. The van der Waals surface area contributed by atoms with Crippen molar-refractivity contribution in [3.8, 4) is 17.1 Å². The van der Waals surface area contributed by atoms with Crippen LogP contribution in [0.25, 0.3) is 11.4 Å². The number of likely N-dealkylation sites (N-methyl/N-ethyl adjacent to an activating group) is 1. The monoisotopic (exact) mass is 513 g/mol. The molecule has 196 valence electrons. The summed E-state index contributed by atoms with van der Waals surface area (Å²) in [6.45, 7) is 8.64. The SMILES string of the molecule is CCN(C[C@@]1(C)CCc2cc(-c3ncccn3)c(C)nc2N1)C(=O)[C@H](C)c1ccc(OC(F)(F)F)cc1. The number of nitrogens with zero attached hydrogens (tertiary/aromatic N) is 4. The predicted octanol–water partition coefficient (Wildman–Crippen LogP) is 5.51. The summed E-state index contributed by atoms with van der Waals surface area (Å²) in [5.74, 6) is 0.501. The van der Waals surface area contributed by atoms with Crippen molar-refractivity contribution in [3.05, 3.63) is 65.6 Å². The van der Waals surface area contributed by atoms with Crippen LogP contribution >= 0.6 is 0 Å². The Hall–Kier alpha value is -3.69. The predicted molar refractivity (Wildman–Crippen MR) is 134 cm³/mol. The summed E-state index contributed by atoms with van der Waals surface area (Å²) in [6, 6.07) is 9.30. The van der Waals surface area contributed by atoms with Gasteiger partial charge in [-0.3, -0.25) is 4.79 Å². The largest absolute Gasteiger partial charge is 0.573 e. The molecule has 0 spiro atoms. The lowest BCUT2D eigenvalue weighted by Gasteiger charge is -2.40. The second kappa shape index (κ2) is 10.4. The Balaban J connectivity index is 1.46. The first-order valence-electron chi connectivity index (χ1n) is 12.2. The molecule has 0 saturated heterocycles. The lowest BCUT2D eigenvalue weighted by atomic mass is 9.87. The van der Waals surface area contributed by atoms with Gasteiger partial charge in [0, 0.05) is 31.0 Å². The molecule has 3 heterocycles. The summed E-state index contributed by atoms with van der Waals surface area (Å²) in [7, 11) is 0. The second-order valence-electron chi connectivity index (χ2n) is 9.58. The lowest BCUT2D eigenvalue weighted by molar-refractivity contribution is -0.274. The molecule has 0 fully saturated rings. The average molecular weight is 514 g/mol. The van der Waals surface area contributed by atoms with Crippen molar-refractivity contribution in [1.29, 1.82) is 0 Å². The van der Waals surface area contributed by atoms with Crippen LogP contribution in [0.5, 0.6) is 5.75 Å². The number of amides is 1. The highest BCUT2D eigenvalue weighted by Crippen LogP contribution is 2.34. The van der Waals surface area contributed by atoms with E-state index in [4.69, 9.17) is 4.98 Å². The van der Waals surface area contributed by atoms with E-state index in [1.54, 1.807) is 30.3 Å². The third-order valence-corrected chi connectivity index (χ3v) is 6.68. The van der Waals surface area contributed by atoms with E-state index < -0.39 is 17.8 Å². The molecule has 1 aromatic carbocycles. The first-order chi connectivity index (χ1) is 17.5. The van der Waals surface area contributed by atoms with E-state index >= 15 is 0 Å². The van der Waals surface area contributed by atoms with Gasteiger partial charge in [0.2, 0.25) is 5.91 Å². The summed E-state index contributed by atoms with van der Waals surface area (Å²) in [6.07, 6.45) is 0.236. The quantitative estimate of drug-likeness (QED) is 0.449. The van der Waals surface area contributed by atoms with Gasteiger partial charge in [-0.05, 0) is 75.9 Å². The van der Waals surface area contributed by atoms with Crippen molar-refractivity contribution in [3.63, 3.8) is 0 Å². The third-order valence-electron chi connectivity index (χ3n) is 6.68. The van der Waals surface area contributed by atoms with Gasteiger partial charge >= 0.3 is 6.36 Å².